The highest BCUT2D eigenvalue weighted by atomic mass is 15.1. The maximum absolute atomic E-state index is 5.65. The molecule has 0 aliphatic heterocycles. The summed E-state index contributed by atoms with van der Waals surface area (Å²) in [4.78, 5) is 11.1. The summed E-state index contributed by atoms with van der Waals surface area (Å²) in [6.45, 7) is 21.3. The lowest BCUT2D eigenvalue weighted by Gasteiger charge is -2.44. The van der Waals surface area contributed by atoms with Crippen LogP contribution < -0.4 is 0 Å². The molecule has 0 fully saturated rings. The largest absolute Gasteiger partial charge is 0.279 e. The summed E-state index contributed by atoms with van der Waals surface area (Å²) in [6.07, 6.45) is 0. The normalized spacial score (nSPS) is 16.5. The van der Waals surface area contributed by atoms with Crippen LogP contribution in [0.2, 0.25) is 0 Å². The van der Waals surface area contributed by atoms with E-state index in [9.17, 15) is 0 Å². The molecule has 0 spiro atoms. The molecule has 0 N–H and O–H groups in total. The van der Waals surface area contributed by atoms with Gasteiger partial charge in [0.05, 0.1) is 16.6 Å². The fourth-order valence-corrected chi connectivity index (χ4v) is 8.27. The van der Waals surface area contributed by atoms with Crippen molar-refractivity contribution in [1.82, 2.24) is 14.4 Å². The summed E-state index contributed by atoms with van der Waals surface area (Å²) in [6, 6.07) is 39.6. The molecule has 2 aromatic heterocycles. The molecule has 7 aromatic rings. The number of benzene rings is 5. The SMILES string of the molecule is CC(C)(C)c1nc2c(-c3c(-c4ccccc4)cccc3-c3ccccc3)cccc2c2nc3cc4c(cc3n12)C(C)(C)C(C)(C)C4(C)C. The summed E-state index contributed by atoms with van der Waals surface area (Å²) in [5.41, 5.74) is 13.9. The Morgan fingerprint density at radius 3 is 1.65 bits per heavy atom. The number of fused-ring (bicyclic) bond motifs is 6. The van der Waals surface area contributed by atoms with E-state index < -0.39 is 0 Å². The number of aromatic nitrogens is 3. The minimum atomic E-state index is -0.235. The Bertz CT molecular complexity index is 2330. The molecule has 1 aliphatic carbocycles. The zero-order chi connectivity index (χ0) is 33.8. The standard InChI is InChI=1S/C45H45N3/c1-42(2,3)41-47-39-32(38-30(28-18-12-10-13-19-28)22-16-23-31(38)29-20-14-11-15-21-29)24-17-25-33(39)40-46-36-26-34-35(27-37(36)48(40)41)44(6,7)45(8,9)43(34,4)5/h10-27H,1-9H3. The maximum Gasteiger partial charge on any atom is 0.148 e. The number of rotatable bonds is 3. The summed E-state index contributed by atoms with van der Waals surface area (Å²) < 4.78 is 2.36. The van der Waals surface area contributed by atoms with Crippen LogP contribution in [0.5, 0.6) is 0 Å². The lowest BCUT2D eigenvalue weighted by Crippen LogP contribution is -2.42. The first-order chi connectivity index (χ1) is 22.7. The third-order valence-corrected chi connectivity index (χ3v) is 12.1. The molecule has 5 aromatic carbocycles. The molecule has 48 heavy (non-hydrogen) atoms. The molecule has 0 saturated carbocycles. The van der Waals surface area contributed by atoms with E-state index in [1.54, 1.807) is 0 Å². The van der Waals surface area contributed by atoms with E-state index in [0.29, 0.717) is 0 Å². The van der Waals surface area contributed by atoms with Crippen LogP contribution >= 0.6 is 0 Å². The highest BCUT2D eigenvalue weighted by molar-refractivity contribution is 6.08. The molecule has 0 radical (unpaired) electrons. The van der Waals surface area contributed by atoms with Crippen LogP contribution in [-0.2, 0) is 16.2 Å². The van der Waals surface area contributed by atoms with Crippen molar-refractivity contribution in [2.75, 3.05) is 0 Å². The van der Waals surface area contributed by atoms with Crippen LogP contribution in [0.4, 0.5) is 0 Å². The fourth-order valence-electron chi connectivity index (χ4n) is 8.27. The molecule has 0 bridgehead atoms. The van der Waals surface area contributed by atoms with Crippen LogP contribution in [0, 0.1) is 5.41 Å². The van der Waals surface area contributed by atoms with Crippen LogP contribution in [-0.4, -0.2) is 14.4 Å². The number of hydrogen-bond acceptors (Lipinski definition) is 2. The van der Waals surface area contributed by atoms with Crippen molar-refractivity contribution in [3.8, 4) is 33.4 Å². The molecule has 0 amide bonds. The number of imidazole rings is 1. The minimum absolute atomic E-state index is 0.00148. The highest BCUT2D eigenvalue weighted by Gasteiger charge is 2.57. The van der Waals surface area contributed by atoms with Gasteiger partial charge in [0.15, 0.2) is 0 Å². The average molecular weight is 628 g/mol. The lowest BCUT2D eigenvalue weighted by molar-refractivity contribution is 0.125. The predicted molar refractivity (Wildman–Crippen MR) is 203 cm³/mol. The summed E-state index contributed by atoms with van der Waals surface area (Å²) in [5.74, 6) is 1.02. The second-order valence-corrected chi connectivity index (χ2v) is 16.4. The second-order valence-electron chi connectivity index (χ2n) is 16.4. The monoisotopic (exact) mass is 627 g/mol. The van der Waals surface area contributed by atoms with Crippen molar-refractivity contribution >= 4 is 27.6 Å². The summed E-state index contributed by atoms with van der Waals surface area (Å²) in [5, 5.41) is 1.07. The van der Waals surface area contributed by atoms with Crippen LogP contribution in [0.25, 0.3) is 61.0 Å². The van der Waals surface area contributed by atoms with E-state index in [2.05, 4.69) is 176 Å². The molecule has 3 heteroatoms. The second kappa shape index (κ2) is 10.1. The van der Waals surface area contributed by atoms with E-state index in [-0.39, 0.29) is 21.7 Å². The van der Waals surface area contributed by atoms with Gasteiger partial charge in [0.25, 0.3) is 0 Å². The molecule has 0 atom stereocenters. The number of hydrogen-bond donors (Lipinski definition) is 0. The topological polar surface area (TPSA) is 30.2 Å². The maximum atomic E-state index is 5.65. The van der Waals surface area contributed by atoms with Gasteiger partial charge in [0.1, 0.15) is 11.5 Å². The molecule has 240 valence electrons. The first-order valence-corrected chi connectivity index (χ1v) is 17.3. The first kappa shape index (κ1) is 30.6. The average Bonchev–Trinajstić information content (AvgIpc) is 3.49. The summed E-state index contributed by atoms with van der Waals surface area (Å²) in [7, 11) is 0. The van der Waals surface area contributed by atoms with Gasteiger partial charge in [-0.3, -0.25) is 4.40 Å². The first-order valence-electron chi connectivity index (χ1n) is 17.3. The molecular formula is C45H45N3. The number of para-hydroxylation sites is 1. The van der Waals surface area contributed by atoms with E-state index in [4.69, 9.17) is 9.97 Å². The van der Waals surface area contributed by atoms with Crippen molar-refractivity contribution in [3.63, 3.8) is 0 Å². The molecular weight excluding hydrogens is 583 g/mol. The Morgan fingerprint density at radius 1 is 0.562 bits per heavy atom. The Hall–Kier alpha value is -4.76. The molecule has 0 saturated heterocycles. The van der Waals surface area contributed by atoms with Gasteiger partial charge < -0.3 is 0 Å². The Balaban J connectivity index is 1.50. The summed E-state index contributed by atoms with van der Waals surface area (Å²) >= 11 is 0. The van der Waals surface area contributed by atoms with Gasteiger partial charge in [-0.1, -0.05) is 153 Å². The van der Waals surface area contributed by atoms with Gasteiger partial charge >= 0.3 is 0 Å². The highest BCUT2D eigenvalue weighted by Crippen LogP contribution is 2.62. The molecule has 8 rings (SSSR count). The molecule has 0 unspecified atom stereocenters. The molecule has 1 aliphatic rings. The van der Waals surface area contributed by atoms with Gasteiger partial charge in [0.2, 0.25) is 0 Å². The van der Waals surface area contributed by atoms with Crippen molar-refractivity contribution in [2.24, 2.45) is 5.41 Å². The smallest absolute Gasteiger partial charge is 0.148 e. The van der Waals surface area contributed by atoms with Crippen molar-refractivity contribution in [1.29, 1.82) is 0 Å². The molecule has 2 heterocycles. The zero-order valence-corrected chi connectivity index (χ0v) is 29.7. The van der Waals surface area contributed by atoms with Crippen molar-refractivity contribution in [2.45, 2.75) is 78.6 Å². The van der Waals surface area contributed by atoms with Gasteiger partial charge in [-0.15, -0.1) is 0 Å². The Morgan fingerprint density at radius 2 is 1.08 bits per heavy atom. The van der Waals surface area contributed by atoms with Gasteiger partial charge in [-0.25, -0.2) is 9.97 Å². The lowest BCUT2D eigenvalue weighted by atomic mass is 9.59. The quantitative estimate of drug-likeness (QED) is 0.195. The van der Waals surface area contributed by atoms with Crippen LogP contribution in [0.1, 0.15) is 79.3 Å². The minimum Gasteiger partial charge on any atom is -0.279 e. The third-order valence-electron chi connectivity index (χ3n) is 12.1. The van der Waals surface area contributed by atoms with E-state index in [1.165, 1.54) is 38.9 Å². The van der Waals surface area contributed by atoms with E-state index in [1.807, 2.05) is 0 Å². The van der Waals surface area contributed by atoms with E-state index >= 15 is 0 Å². The van der Waals surface area contributed by atoms with Crippen LogP contribution in [0.15, 0.2) is 109 Å². The van der Waals surface area contributed by atoms with Gasteiger partial charge in [0, 0.05) is 16.4 Å². The predicted octanol–water partition coefficient (Wildman–Crippen LogP) is 11.9. The fraction of sp³-hybridized carbons (Fsp3) is 0.289. The van der Waals surface area contributed by atoms with Gasteiger partial charge in [-0.05, 0) is 73.4 Å². The van der Waals surface area contributed by atoms with E-state index in [0.717, 1.165) is 39.0 Å². The Kier molecular flexibility index (Phi) is 6.45. The Labute approximate surface area is 284 Å². The number of nitrogens with zero attached hydrogens (tertiary/aromatic N) is 3. The van der Waals surface area contributed by atoms with Crippen molar-refractivity contribution < 1.29 is 0 Å². The zero-order valence-electron chi connectivity index (χ0n) is 29.7. The molecule has 3 nitrogen and oxygen atoms in total. The van der Waals surface area contributed by atoms with Crippen molar-refractivity contribution in [3.05, 3.63) is 126 Å². The van der Waals surface area contributed by atoms with Gasteiger partial charge in [-0.2, -0.15) is 0 Å². The van der Waals surface area contributed by atoms with Crippen LogP contribution in [0.3, 0.4) is 0 Å². The third kappa shape index (κ3) is 4.12.